The fourth-order valence-corrected chi connectivity index (χ4v) is 2.79. The van der Waals surface area contributed by atoms with Crippen molar-refractivity contribution in [1.29, 1.82) is 0 Å². The van der Waals surface area contributed by atoms with E-state index in [2.05, 4.69) is 10.1 Å². The lowest BCUT2D eigenvalue weighted by Crippen LogP contribution is -2.40. The first-order valence-corrected chi connectivity index (χ1v) is 7.84. The van der Waals surface area contributed by atoms with Gasteiger partial charge in [-0.15, -0.1) is 0 Å². The molecule has 1 aliphatic heterocycles. The Kier molecular flexibility index (Phi) is 4.41. The lowest BCUT2D eigenvalue weighted by Gasteiger charge is -2.22. The average Bonchev–Trinajstić information content (AvgIpc) is 3.20. The third kappa shape index (κ3) is 2.90. The van der Waals surface area contributed by atoms with Gasteiger partial charge in [-0.05, 0) is 36.8 Å². The molecular weight excluding hydrogens is 340 g/mol. The number of hydrogen-bond donors (Lipinski definition) is 1. The summed E-state index contributed by atoms with van der Waals surface area (Å²) >= 11 is 0. The number of nitrogens with zero attached hydrogens (tertiary/aromatic N) is 1. The van der Waals surface area contributed by atoms with Gasteiger partial charge in [-0.2, -0.15) is 0 Å². The lowest BCUT2D eigenvalue weighted by molar-refractivity contribution is -0.131. The van der Waals surface area contributed by atoms with Crippen molar-refractivity contribution in [3.05, 3.63) is 53.5 Å². The fraction of sp³-hybridized carbons (Fsp3) is 0.278. The highest BCUT2D eigenvalue weighted by Gasteiger charge is 2.49. The van der Waals surface area contributed by atoms with E-state index in [4.69, 9.17) is 9.15 Å². The summed E-state index contributed by atoms with van der Waals surface area (Å²) in [5.41, 5.74) is -0.560. The van der Waals surface area contributed by atoms with Crippen LogP contribution in [-0.4, -0.2) is 37.0 Å². The van der Waals surface area contributed by atoms with Crippen LogP contribution in [0.4, 0.5) is 4.79 Å². The molecule has 1 aliphatic rings. The summed E-state index contributed by atoms with van der Waals surface area (Å²) in [6, 6.07) is 9.31. The average molecular weight is 358 g/mol. The van der Waals surface area contributed by atoms with E-state index in [0.717, 1.165) is 4.90 Å². The van der Waals surface area contributed by atoms with Crippen LogP contribution >= 0.6 is 0 Å². The number of rotatable bonds is 5. The molecule has 3 rings (SSSR count). The quantitative estimate of drug-likeness (QED) is 0.649. The lowest BCUT2D eigenvalue weighted by atomic mass is 9.92. The van der Waals surface area contributed by atoms with Gasteiger partial charge in [0.05, 0.1) is 20.8 Å². The maximum atomic E-state index is 12.9. The predicted octanol–water partition coefficient (Wildman–Crippen LogP) is 2.04. The molecule has 26 heavy (non-hydrogen) atoms. The number of methoxy groups -OCH3 is 2. The van der Waals surface area contributed by atoms with E-state index < -0.39 is 23.4 Å². The van der Waals surface area contributed by atoms with E-state index in [1.54, 1.807) is 38.3 Å². The molecule has 1 saturated heterocycles. The van der Waals surface area contributed by atoms with Crippen molar-refractivity contribution in [2.24, 2.45) is 0 Å². The molecule has 0 spiro atoms. The van der Waals surface area contributed by atoms with Crippen molar-refractivity contribution in [2.75, 3.05) is 14.2 Å². The zero-order valence-corrected chi connectivity index (χ0v) is 14.6. The third-order valence-electron chi connectivity index (χ3n) is 4.30. The minimum absolute atomic E-state index is 0.00692. The van der Waals surface area contributed by atoms with Crippen LogP contribution in [0, 0.1) is 0 Å². The minimum atomic E-state index is -1.19. The summed E-state index contributed by atoms with van der Waals surface area (Å²) in [5, 5.41) is 2.71. The Balaban J connectivity index is 1.81. The molecule has 3 amide bonds. The van der Waals surface area contributed by atoms with Gasteiger partial charge >= 0.3 is 12.0 Å². The van der Waals surface area contributed by atoms with Gasteiger partial charge in [0.1, 0.15) is 17.0 Å². The van der Waals surface area contributed by atoms with Crippen molar-refractivity contribution in [3.8, 4) is 5.75 Å². The van der Waals surface area contributed by atoms with Crippen molar-refractivity contribution < 1.29 is 28.3 Å². The Morgan fingerprint density at radius 2 is 1.85 bits per heavy atom. The van der Waals surface area contributed by atoms with Gasteiger partial charge in [0, 0.05) is 0 Å². The highest BCUT2D eigenvalue weighted by molar-refractivity contribution is 6.07. The number of ether oxygens (including phenoxy) is 2. The number of carbonyl (C=O) groups is 3. The van der Waals surface area contributed by atoms with Crippen LogP contribution in [0.3, 0.4) is 0 Å². The highest BCUT2D eigenvalue weighted by atomic mass is 16.5. The normalized spacial score (nSPS) is 19.4. The van der Waals surface area contributed by atoms with Gasteiger partial charge in [0.2, 0.25) is 5.76 Å². The Morgan fingerprint density at radius 1 is 1.15 bits per heavy atom. The first kappa shape index (κ1) is 17.5. The van der Waals surface area contributed by atoms with Crippen LogP contribution in [0.25, 0.3) is 0 Å². The number of amides is 3. The molecular formula is C18H18N2O6. The Labute approximate surface area is 149 Å². The highest BCUT2D eigenvalue weighted by Crippen LogP contribution is 2.31. The molecule has 1 aromatic heterocycles. The molecule has 1 atom stereocenters. The smallest absolute Gasteiger partial charge is 0.373 e. The summed E-state index contributed by atoms with van der Waals surface area (Å²) < 4.78 is 15.0. The third-order valence-corrected chi connectivity index (χ3v) is 4.30. The van der Waals surface area contributed by atoms with Gasteiger partial charge in [-0.25, -0.2) is 9.59 Å². The summed E-state index contributed by atoms with van der Waals surface area (Å²) in [7, 11) is 2.79. The Morgan fingerprint density at radius 3 is 2.46 bits per heavy atom. The maximum absolute atomic E-state index is 12.9. The van der Waals surface area contributed by atoms with Crippen molar-refractivity contribution >= 4 is 17.9 Å². The van der Waals surface area contributed by atoms with Gasteiger partial charge in [0.15, 0.2) is 0 Å². The minimum Gasteiger partial charge on any atom is -0.497 e. The molecule has 0 aliphatic carbocycles. The summed E-state index contributed by atoms with van der Waals surface area (Å²) in [6.07, 6.45) is 0. The van der Waals surface area contributed by atoms with Crippen molar-refractivity contribution in [3.63, 3.8) is 0 Å². The molecule has 8 nitrogen and oxygen atoms in total. The van der Waals surface area contributed by atoms with Gasteiger partial charge < -0.3 is 19.2 Å². The Bertz CT molecular complexity index is 857. The van der Waals surface area contributed by atoms with E-state index in [1.807, 2.05) is 0 Å². The van der Waals surface area contributed by atoms with E-state index in [9.17, 15) is 14.4 Å². The molecule has 0 saturated carbocycles. The zero-order chi connectivity index (χ0) is 18.9. The number of imide groups is 1. The van der Waals surface area contributed by atoms with Crippen molar-refractivity contribution in [2.45, 2.75) is 19.0 Å². The molecule has 1 N–H and O–H groups in total. The number of urea groups is 1. The molecule has 0 bridgehead atoms. The van der Waals surface area contributed by atoms with E-state index in [-0.39, 0.29) is 12.3 Å². The topological polar surface area (TPSA) is 98.1 Å². The largest absolute Gasteiger partial charge is 0.497 e. The zero-order valence-electron chi connectivity index (χ0n) is 14.6. The Hall–Kier alpha value is -3.29. The summed E-state index contributed by atoms with van der Waals surface area (Å²) in [6.45, 7) is 1.55. The maximum Gasteiger partial charge on any atom is 0.373 e. The van der Waals surface area contributed by atoms with Gasteiger partial charge in [0.25, 0.3) is 5.91 Å². The van der Waals surface area contributed by atoms with Crippen LogP contribution in [0.5, 0.6) is 5.75 Å². The molecule has 1 fully saturated rings. The number of benzene rings is 1. The van der Waals surface area contributed by atoms with Crippen LogP contribution < -0.4 is 10.1 Å². The fourth-order valence-electron chi connectivity index (χ4n) is 2.79. The second kappa shape index (κ2) is 6.55. The first-order chi connectivity index (χ1) is 12.4. The number of nitrogens with one attached hydrogen (secondary N) is 1. The van der Waals surface area contributed by atoms with Crippen LogP contribution in [-0.2, 0) is 21.6 Å². The predicted molar refractivity (Wildman–Crippen MR) is 89.5 cm³/mol. The van der Waals surface area contributed by atoms with Crippen LogP contribution in [0.1, 0.15) is 28.8 Å². The number of carbonyl (C=O) groups excluding carboxylic acids is 3. The molecule has 8 heteroatoms. The van der Waals surface area contributed by atoms with Gasteiger partial charge in [-0.1, -0.05) is 12.1 Å². The number of hydrogen-bond acceptors (Lipinski definition) is 6. The molecule has 2 aromatic rings. The van der Waals surface area contributed by atoms with Gasteiger partial charge in [-0.3, -0.25) is 9.69 Å². The van der Waals surface area contributed by atoms with E-state index >= 15 is 0 Å². The second-order valence-corrected chi connectivity index (χ2v) is 5.93. The number of furan rings is 1. The molecule has 0 radical (unpaired) electrons. The van der Waals surface area contributed by atoms with Crippen LogP contribution in [0.2, 0.25) is 0 Å². The summed E-state index contributed by atoms with van der Waals surface area (Å²) in [5.74, 6) is -0.0857. The molecule has 1 aromatic carbocycles. The van der Waals surface area contributed by atoms with E-state index in [0.29, 0.717) is 17.1 Å². The monoisotopic (exact) mass is 358 g/mol. The SMILES string of the molecule is COC(=O)c1ccc(CN2C(=O)NC(C)(c3ccc(OC)cc3)C2=O)o1. The number of esters is 1. The summed E-state index contributed by atoms with van der Waals surface area (Å²) in [4.78, 5) is 37.7. The molecule has 136 valence electrons. The first-order valence-electron chi connectivity index (χ1n) is 7.84. The standard InChI is InChI=1S/C18H18N2O6/c1-18(11-4-6-12(24-2)7-5-11)16(22)20(17(23)19-18)10-13-8-9-14(26-13)15(21)25-3/h4-9H,10H2,1-3H3,(H,19,23). The second-order valence-electron chi connectivity index (χ2n) is 5.93. The van der Waals surface area contributed by atoms with Crippen LogP contribution in [0.15, 0.2) is 40.8 Å². The van der Waals surface area contributed by atoms with Crippen molar-refractivity contribution in [1.82, 2.24) is 10.2 Å². The molecule has 2 heterocycles. The molecule has 1 unspecified atom stereocenters. The van der Waals surface area contributed by atoms with E-state index in [1.165, 1.54) is 19.2 Å².